The van der Waals surface area contributed by atoms with Gasteiger partial charge in [0.1, 0.15) is 0 Å². The van der Waals surface area contributed by atoms with Crippen molar-refractivity contribution in [1.82, 2.24) is 5.32 Å². The second-order valence-electron chi connectivity index (χ2n) is 5.27. The van der Waals surface area contributed by atoms with E-state index in [1.807, 2.05) is 7.05 Å². The molecule has 1 aliphatic carbocycles. The molecule has 1 saturated carbocycles. The molecule has 2 nitrogen and oxygen atoms in total. The van der Waals surface area contributed by atoms with Crippen LogP contribution in [0.25, 0.3) is 0 Å². The summed E-state index contributed by atoms with van der Waals surface area (Å²) in [6.45, 7) is 5.35. The van der Waals surface area contributed by atoms with Gasteiger partial charge in [0.15, 0.2) is 0 Å². The fourth-order valence-corrected chi connectivity index (χ4v) is 2.22. The molecule has 0 aromatic carbocycles. The quantitative estimate of drug-likeness (QED) is 0.644. The summed E-state index contributed by atoms with van der Waals surface area (Å²) < 4.78 is 0. The standard InChI is InChI=1S/C11H23NO/c1-10(2)5-4-6-11(13,8-7-10)9-12-3/h12-13H,4-9H2,1-3H3. The number of aliphatic hydroxyl groups is 1. The van der Waals surface area contributed by atoms with Gasteiger partial charge in [-0.25, -0.2) is 0 Å². The Hall–Kier alpha value is -0.0800. The van der Waals surface area contributed by atoms with E-state index in [-0.39, 0.29) is 0 Å². The van der Waals surface area contributed by atoms with Crippen LogP contribution in [0, 0.1) is 5.41 Å². The molecular formula is C11H23NO. The lowest BCUT2D eigenvalue weighted by atomic mass is 9.84. The van der Waals surface area contributed by atoms with Crippen LogP contribution >= 0.6 is 0 Å². The van der Waals surface area contributed by atoms with Gasteiger partial charge in [0.2, 0.25) is 0 Å². The highest BCUT2D eigenvalue weighted by Crippen LogP contribution is 2.37. The summed E-state index contributed by atoms with van der Waals surface area (Å²) in [6, 6.07) is 0. The number of likely N-dealkylation sites (N-methyl/N-ethyl adjacent to an activating group) is 1. The topological polar surface area (TPSA) is 32.3 Å². The van der Waals surface area contributed by atoms with Crippen molar-refractivity contribution < 1.29 is 5.11 Å². The van der Waals surface area contributed by atoms with Crippen LogP contribution in [0.3, 0.4) is 0 Å². The minimum atomic E-state index is -0.442. The Morgan fingerprint density at radius 3 is 2.46 bits per heavy atom. The minimum absolute atomic E-state index is 0.429. The van der Waals surface area contributed by atoms with Gasteiger partial charge in [0.05, 0.1) is 5.60 Å². The van der Waals surface area contributed by atoms with Gasteiger partial charge in [-0.3, -0.25) is 0 Å². The molecule has 1 unspecified atom stereocenters. The number of rotatable bonds is 2. The number of nitrogens with one attached hydrogen (secondary N) is 1. The Labute approximate surface area is 81.7 Å². The molecule has 2 heteroatoms. The molecule has 0 saturated heterocycles. The van der Waals surface area contributed by atoms with Crippen molar-refractivity contribution in [2.24, 2.45) is 5.41 Å². The molecule has 0 spiro atoms. The van der Waals surface area contributed by atoms with Gasteiger partial charge in [-0.15, -0.1) is 0 Å². The summed E-state index contributed by atoms with van der Waals surface area (Å²) in [4.78, 5) is 0. The highest BCUT2D eigenvalue weighted by Gasteiger charge is 2.32. The Morgan fingerprint density at radius 1 is 1.15 bits per heavy atom. The zero-order valence-corrected chi connectivity index (χ0v) is 9.19. The maximum absolute atomic E-state index is 10.2. The zero-order chi connectivity index (χ0) is 9.95. The zero-order valence-electron chi connectivity index (χ0n) is 9.19. The molecule has 1 aliphatic rings. The molecule has 0 heterocycles. The van der Waals surface area contributed by atoms with Crippen molar-refractivity contribution in [3.8, 4) is 0 Å². The van der Waals surface area contributed by atoms with E-state index in [4.69, 9.17) is 0 Å². The molecular weight excluding hydrogens is 162 g/mol. The smallest absolute Gasteiger partial charge is 0.0771 e. The highest BCUT2D eigenvalue weighted by molar-refractivity contribution is 4.87. The van der Waals surface area contributed by atoms with Gasteiger partial charge in [-0.05, 0) is 38.1 Å². The van der Waals surface area contributed by atoms with Gasteiger partial charge in [0.25, 0.3) is 0 Å². The molecule has 2 N–H and O–H groups in total. The summed E-state index contributed by atoms with van der Waals surface area (Å²) >= 11 is 0. The first-order valence-corrected chi connectivity index (χ1v) is 5.34. The normalized spacial score (nSPS) is 34.2. The summed E-state index contributed by atoms with van der Waals surface area (Å²) in [5.41, 5.74) is -0.0132. The van der Waals surface area contributed by atoms with Crippen LogP contribution in [0.5, 0.6) is 0 Å². The lowest BCUT2D eigenvalue weighted by Gasteiger charge is -2.27. The first-order chi connectivity index (χ1) is 5.97. The van der Waals surface area contributed by atoms with Crippen molar-refractivity contribution in [3.63, 3.8) is 0 Å². The van der Waals surface area contributed by atoms with Crippen LogP contribution in [0.1, 0.15) is 46.0 Å². The maximum atomic E-state index is 10.2. The van der Waals surface area contributed by atoms with Gasteiger partial charge in [-0.1, -0.05) is 20.3 Å². The van der Waals surface area contributed by atoms with Crippen molar-refractivity contribution >= 4 is 0 Å². The molecule has 1 rings (SSSR count). The maximum Gasteiger partial charge on any atom is 0.0771 e. The molecule has 78 valence electrons. The third-order valence-corrected chi connectivity index (χ3v) is 3.27. The summed E-state index contributed by atoms with van der Waals surface area (Å²) in [5.74, 6) is 0. The van der Waals surface area contributed by atoms with Gasteiger partial charge >= 0.3 is 0 Å². The third-order valence-electron chi connectivity index (χ3n) is 3.27. The monoisotopic (exact) mass is 185 g/mol. The van der Waals surface area contributed by atoms with Crippen LogP contribution in [0.15, 0.2) is 0 Å². The number of hydrogen-bond donors (Lipinski definition) is 2. The Bertz CT molecular complexity index is 167. The van der Waals surface area contributed by atoms with Crippen LogP contribution in [0.2, 0.25) is 0 Å². The Balaban J connectivity index is 2.53. The summed E-state index contributed by atoms with van der Waals surface area (Å²) in [7, 11) is 1.91. The van der Waals surface area contributed by atoms with E-state index in [0.717, 1.165) is 32.2 Å². The molecule has 1 fully saturated rings. The lowest BCUT2D eigenvalue weighted by molar-refractivity contribution is 0.0245. The van der Waals surface area contributed by atoms with Crippen LogP contribution < -0.4 is 5.32 Å². The van der Waals surface area contributed by atoms with E-state index in [9.17, 15) is 5.11 Å². The van der Waals surface area contributed by atoms with Crippen molar-refractivity contribution in [2.75, 3.05) is 13.6 Å². The third kappa shape index (κ3) is 3.28. The largest absolute Gasteiger partial charge is 0.389 e. The Morgan fingerprint density at radius 2 is 1.85 bits per heavy atom. The van der Waals surface area contributed by atoms with E-state index in [2.05, 4.69) is 19.2 Å². The average molecular weight is 185 g/mol. The SMILES string of the molecule is CNCC1(O)CCCC(C)(C)CC1. The van der Waals surface area contributed by atoms with E-state index < -0.39 is 5.60 Å². The van der Waals surface area contributed by atoms with E-state index >= 15 is 0 Å². The summed E-state index contributed by atoms with van der Waals surface area (Å²) in [6.07, 6.45) is 5.45. The van der Waals surface area contributed by atoms with Crippen LogP contribution in [0.4, 0.5) is 0 Å². The molecule has 0 aliphatic heterocycles. The summed E-state index contributed by atoms with van der Waals surface area (Å²) in [5, 5.41) is 13.3. The molecule has 0 bridgehead atoms. The first kappa shape index (κ1) is 11.0. The molecule has 13 heavy (non-hydrogen) atoms. The number of hydrogen-bond acceptors (Lipinski definition) is 2. The fraction of sp³-hybridized carbons (Fsp3) is 1.00. The van der Waals surface area contributed by atoms with Gasteiger partial charge in [0, 0.05) is 6.54 Å². The molecule has 0 aromatic rings. The highest BCUT2D eigenvalue weighted by atomic mass is 16.3. The van der Waals surface area contributed by atoms with E-state index in [1.165, 1.54) is 6.42 Å². The second kappa shape index (κ2) is 3.97. The molecule has 0 radical (unpaired) electrons. The van der Waals surface area contributed by atoms with Gasteiger partial charge < -0.3 is 10.4 Å². The Kier molecular flexibility index (Phi) is 3.36. The van der Waals surface area contributed by atoms with Gasteiger partial charge in [-0.2, -0.15) is 0 Å². The minimum Gasteiger partial charge on any atom is -0.389 e. The molecule has 0 amide bonds. The van der Waals surface area contributed by atoms with Crippen molar-refractivity contribution in [1.29, 1.82) is 0 Å². The lowest BCUT2D eigenvalue weighted by Crippen LogP contribution is -2.38. The molecule has 0 aromatic heterocycles. The van der Waals surface area contributed by atoms with Crippen LogP contribution in [-0.2, 0) is 0 Å². The van der Waals surface area contributed by atoms with E-state index in [0.29, 0.717) is 5.41 Å². The van der Waals surface area contributed by atoms with Crippen molar-refractivity contribution in [3.05, 3.63) is 0 Å². The fourth-order valence-electron chi connectivity index (χ4n) is 2.22. The first-order valence-electron chi connectivity index (χ1n) is 5.34. The second-order valence-corrected chi connectivity index (χ2v) is 5.27. The van der Waals surface area contributed by atoms with E-state index in [1.54, 1.807) is 0 Å². The predicted octanol–water partition coefficient (Wildman–Crippen LogP) is 1.93. The average Bonchev–Trinajstić information content (AvgIpc) is 2.13. The van der Waals surface area contributed by atoms with Crippen LogP contribution in [-0.4, -0.2) is 24.3 Å². The predicted molar refractivity (Wildman–Crippen MR) is 55.7 cm³/mol. The van der Waals surface area contributed by atoms with Crippen molar-refractivity contribution in [2.45, 2.75) is 51.6 Å². The molecule has 1 atom stereocenters.